The summed E-state index contributed by atoms with van der Waals surface area (Å²) in [4.78, 5) is 4.60. The van der Waals surface area contributed by atoms with E-state index >= 15 is 0 Å². The third-order valence-electron chi connectivity index (χ3n) is 2.77. The molecule has 0 amide bonds. The quantitative estimate of drug-likeness (QED) is 0.479. The van der Waals surface area contributed by atoms with E-state index in [1.54, 1.807) is 0 Å². The molecule has 0 atom stereocenters. The Labute approximate surface area is 105 Å². The zero-order valence-electron chi connectivity index (χ0n) is 10.9. The molecule has 1 aromatic rings. The summed E-state index contributed by atoms with van der Waals surface area (Å²) in [6.07, 6.45) is 10.5. The van der Waals surface area contributed by atoms with Crippen molar-refractivity contribution in [3.63, 3.8) is 0 Å². The van der Waals surface area contributed by atoms with Crippen molar-refractivity contribution in [2.24, 2.45) is 0 Å². The number of aryl methyl sites for hydroxylation is 1. The van der Waals surface area contributed by atoms with Gasteiger partial charge in [0.1, 0.15) is 0 Å². The fourth-order valence-corrected chi connectivity index (χ4v) is 1.95. The van der Waals surface area contributed by atoms with E-state index in [1.807, 2.05) is 12.2 Å². The van der Waals surface area contributed by atoms with Crippen molar-refractivity contribution in [3.8, 4) is 0 Å². The predicted molar refractivity (Wildman–Crippen MR) is 75.3 cm³/mol. The van der Waals surface area contributed by atoms with E-state index in [-0.39, 0.29) is 0 Å². The van der Waals surface area contributed by atoms with E-state index < -0.39 is 0 Å². The highest BCUT2D eigenvalue weighted by molar-refractivity contribution is 5.24. The Bertz CT molecular complexity index is 338. The normalized spacial score (nSPS) is 10.2. The Balaban J connectivity index is 2.78. The molecule has 0 N–H and O–H groups in total. The van der Waals surface area contributed by atoms with Gasteiger partial charge < -0.3 is 0 Å². The maximum absolute atomic E-state index is 4.60. The Morgan fingerprint density at radius 2 is 1.65 bits per heavy atom. The smallest absolute Gasteiger partial charge is 0.0447 e. The molecule has 0 aliphatic carbocycles. The SMILES string of the molecule is C=CCc1cc(CCCCC)cc(CC=C)n1. The highest BCUT2D eigenvalue weighted by Gasteiger charge is 2.01. The van der Waals surface area contributed by atoms with Gasteiger partial charge in [0, 0.05) is 24.2 Å². The Hall–Kier alpha value is -1.37. The van der Waals surface area contributed by atoms with Crippen LogP contribution in [0.15, 0.2) is 37.4 Å². The molecule has 0 spiro atoms. The second-order valence-corrected chi connectivity index (χ2v) is 4.40. The van der Waals surface area contributed by atoms with Crippen molar-refractivity contribution >= 4 is 0 Å². The zero-order valence-corrected chi connectivity index (χ0v) is 10.9. The van der Waals surface area contributed by atoms with Crippen LogP contribution in [-0.4, -0.2) is 4.98 Å². The van der Waals surface area contributed by atoms with Crippen LogP contribution in [0.3, 0.4) is 0 Å². The molecule has 0 radical (unpaired) electrons. The second-order valence-electron chi connectivity index (χ2n) is 4.40. The molecule has 92 valence electrons. The first kappa shape index (κ1) is 13.7. The Morgan fingerprint density at radius 3 is 2.12 bits per heavy atom. The van der Waals surface area contributed by atoms with E-state index in [0.29, 0.717) is 0 Å². The number of nitrogens with zero attached hydrogens (tertiary/aromatic N) is 1. The Morgan fingerprint density at radius 1 is 1.06 bits per heavy atom. The molecule has 17 heavy (non-hydrogen) atoms. The van der Waals surface area contributed by atoms with E-state index in [1.165, 1.54) is 24.8 Å². The lowest BCUT2D eigenvalue weighted by Gasteiger charge is -2.07. The van der Waals surface area contributed by atoms with Crippen LogP contribution in [0.1, 0.15) is 43.1 Å². The van der Waals surface area contributed by atoms with Crippen molar-refractivity contribution < 1.29 is 0 Å². The lowest BCUT2D eigenvalue weighted by atomic mass is 10.0. The monoisotopic (exact) mass is 229 g/mol. The molecular weight excluding hydrogens is 206 g/mol. The standard InChI is InChI=1S/C16H23N/c1-4-7-8-11-14-12-15(9-5-2)17-16(13-14)10-6-3/h5-6,12-13H,2-4,7-11H2,1H3. The molecule has 1 heterocycles. The lowest BCUT2D eigenvalue weighted by molar-refractivity contribution is 0.715. The largest absolute Gasteiger partial charge is 0.257 e. The Kier molecular flexibility index (Phi) is 6.31. The number of hydrogen-bond acceptors (Lipinski definition) is 1. The lowest BCUT2D eigenvalue weighted by Crippen LogP contribution is -1.98. The van der Waals surface area contributed by atoms with Crippen LogP contribution < -0.4 is 0 Å². The number of allylic oxidation sites excluding steroid dienone is 2. The summed E-state index contributed by atoms with van der Waals surface area (Å²) in [6, 6.07) is 4.42. The van der Waals surface area contributed by atoms with Gasteiger partial charge in [0.15, 0.2) is 0 Å². The molecule has 1 rings (SSSR count). The minimum absolute atomic E-state index is 0.853. The van der Waals surface area contributed by atoms with Crippen molar-refractivity contribution in [3.05, 3.63) is 54.4 Å². The molecule has 1 heteroatoms. The van der Waals surface area contributed by atoms with Gasteiger partial charge in [-0.15, -0.1) is 13.2 Å². The van der Waals surface area contributed by atoms with Crippen molar-refractivity contribution in [1.82, 2.24) is 4.98 Å². The molecule has 0 bridgehead atoms. The first-order valence-electron chi connectivity index (χ1n) is 6.50. The molecule has 0 unspecified atom stereocenters. The van der Waals surface area contributed by atoms with Crippen LogP contribution in [-0.2, 0) is 19.3 Å². The highest BCUT2D eigenvalue weighted by Crippen LogP contribution is 2.12. The fraction of sp³-hybridized carbons (Fsp3) is 0.438. The second kappa shape index (κ2) is 7.83. The fourth-order valence-electron chi connectivity index (χ4n) is 1.95. The summed E-state index contributed by atoms with van der Waals surface area (Å²) in [7, 11) is 0. The van der Waals surface area contributed by atoms with E-state index in [0.717, 1.165) is 30.7 Å². The summed E-state index contributed by atoms with van der Waals surface area (Å²) < 4.78 is 0. The van der Waals surface area contributed by atoms with Crippen LogP contribution in [0.25, 0.3) is 0 Å². The van der Waals surface area contributed by atoms with Crippen LogP contribution in [0.5, 0.6) is 0 Å². The van der Waals surface area contributed by atoms with Crippen molar-refractivity contribution in [2.45, 2.75) is 45.4 Å². The van der Waals surface area contributed by atoms with Gasteiger partial charge in [0.25, 0.3) is 0 Å². The number of pyridine rings is 1. The van der Waals surface area contributed by atoms with E-state index in [9.17, 15) is 0 Å². The summed E-state index contributed by atoms with van der Waals surface area (Å²) in [5, 5.41) is 0. The maximum atomic E-state index is 4.60. The van der Waals surface area contributed by atoms with E-state index in [2.05, 4.69) is 37.2 Å². The van der Waals surface area contributed by atoms with Gasteiger partial charge in [-0.1, -0.05) is 31.9 Å². The van der Waals surface area contributed by atoms with Crippen molar-refractivity contribution in [1.29, 1.82) is 0 Å². The molecule has 0 fully saturated rings. The van der Waals surface area contributed by atoms with E-state index in [4.69, 9.17) is 0 Å². The number of hydrogen-bond donors (Lipinski definition) is 0. The highest BCUT2D eigenvalue weighted by atomic mass is 14.7. The van der Waals surface area contributed by atoms with Gasteiger partial charge in [-0.2, -0.15) is 0 Å². The average Bonchev–Trinajstić information content (AvgIpc) is 2.30. The molecule has 0 aliphatic rings. The zero-order chi connectivity index (χ0) is 12.5. The third kappa shape index (κ3) is 4.99. The molecule has 0 aromatic carbocycles. The van der Waals surface area contributed by atoms with Gasteiger partial charge in [-0.25, -0.2) is 0 Å². The topological polar surface area (TPSA) is 12.9 Å². The average molecular weight is 229 g/mol. The van der Waals surface area contributed by atoms with Gasteiger partial charge in [0.05, 0.1) is 0 Å². The first-order valence-corrected chi connectivity index (χ1v) is 6.50. The molecule has 0 saturated heterocycles. The van der Waals surface area contributed by atoms with Gasteiger partial charge in [-0.3, -0.25) is 4.98 Å². The van der Waals surface area contributed by atoms with Gasteiger partial charge >= 0.3 is 0 Å². The first-order chi connectivity index (χ1) is 8.30. The molecule has 1 aromatic heterocycles. The molecule has 0 aliphatic heterocycles. The minimum atomic E-state index is 0.853. The number of unbranched alkanes of at least 4 members (excludes halogenated alkanes) is 2. The van der Waals surface area contributed by atoms with Gasteiger partial charge in [0.2, 0.25) is 0 Å². The summed E-state index contributed by atoms with van der Waals surface area (Å²) >= 11 is 0. The van der Waals surface area contributed by atoms with Gasteiger partial charge in [-0.05, 0) is 30.5 Å². The number of rotatable bonds is 8. The van der Waals surface area contributed by atoms with Crippen molar-refractivity contribution in [2.75, 3.05) is 0 Å². The summed E-state index contributed by atoms with van der Waals surface area (Å²) in [6.45, 7) is 9.79. The molecule has 1 nitrogen and oxygen atoms in total. The summed E-state index contributed by atoms with van der Waals surface area (Å²) in [5.41, 5.74) is 3.67. The molecule has 0 saturated carbocycles. The number of aromatic nitrogens is 1. The predicted octanol–water partition coefficient (Wildman–Crippen LogP) is 4.27. The van der Waals surface area contributed by atoms with Crippen LogP contribution in [0.2, 0.25) is 0 Å². The summed E-state index contributed by atoms with van der Waals surface area (Å²) in [5.74, 6) is 0. The third-order valence-corrected chi connectivity index (χ3v) is 2.77. The van der Waals surface area contributed by atoms with Crippen LogP contribution >= 0.6 is 0 Å². The maximum Gasteiger partial charge on any atom is 0.0447 e. The molecular formula is C16H23N. The van der Waals surface area contributed by atoms with Crippen LogP contribution in [0.4, 0.5) is 0 Å². The van der Waals surface area contributed by atoms with Crippen LogP contribution in [0, 0.1) is 0 Å². The minimum Gasteiger partial charge on any atom is -0.257 e.